The van der Waals surface area contributed by atoms with E-state index >= 15 is 0 Å². The van der Waals surface area contributed by atoms with Gasteiger partial charge in [0.25, 0.3) is 0 Å². The first-order valence-corrected chi connectivity index (χ1v) is 3.57. The summed E-state index contributed by atoms with van der Waals surface area (Å²) >= 11 is 0. The predicted octanol–water partition coefficient (Wildman–Crippen LogP) is 1.62. The topological polar surface area (TPSA) is 38.7 Å². The third kappa shape index (κ3) is 7.04. The van der Waals surface area contributed by atoms with Crippen LogP contribution in [0.4, 0.5) is 0 Å². The Kier molecular flexibility index (Phi) is 7.85. The van der Waals surface area contributed by atoms with Gasteiger partial charge in [0.2, 0.25) is 0 Å². The molecule has 0 radical (unpaired) electrons. The SMILES string of the molecule is P.c1ccncc1.c1ccnnc1. The Bertz CT molecular complexity index is 190. The van der Waals surface area contributed by atoms with Crippen LogP contribution in [-0.4, -0.2) is 15.2 Å². The maximum Gasteiger partial charge on any atom is 0.0496 e. The summed E-state index contributed by atoms with van der Waals surface area (Å²) in [6.45, 7) is 0. The van der Waals surface area contributed by atoms with Crippen molar-refractivity contribution in [2.75, 3.05) is 0 Å². The summed E-state index contributed by atoms with van der Waals surface area (Å²) in [5, 5.41) is 7.07. The van der Waals surface area contributed by atoms with E-state index in [9.17, 15) is 0 Å². The summed E-state index contributed by atoms with van der Waals surface area (Å²) in [6.07, 6.45) is 6.78. The van der Waals surface area contributed by atoms with Gasteiger partial charge < -0.3 is 0 Å². The lowest BCUT2D eigenvalue weighted by atomic mass is 10.5. The Morgan fingerprint density at radius 2 is 1.00 bits per heavy atom. The minimum absolute atomic E-state index is 0. The molecule has 0 amide bonds. The third-order valence-electron chi connectivity index (χ3n) is 1.05. The number of pyridine rings is 1. The van der Waals surface area contributed by atoms with Crippen LogP contribution in [-0.2, 0) is 0 Å². The standard InChI is InChI=1S/C5H5N.C4H4N2.H3P/c2*1-2-4-6-5-3-1;/h1-5H;1-4H;1H3. The maximum atomic E-state index is 3.78. The molecule has 0 fully saturated rings. The van der Waals surface area contributed by atoms with E-state index in [1.165, 1.54) is 0 Å². The number of nitrogens with zero attached hydrogens (tertiary/aromatic N) is 3. The molecule has 13 heavy (non-hydrogen) atoms. The molecule has 1 unspecified atom stereocenters. The summed E-state index contributed by atoms with van der Waals surface area (Å²) in [5.41, 5.74) is 0. The third-order valence-corrected chi connectivity index (χ3v) is 1.05. The number of aromatic nitrogens is 3. The van der Waals surface area contributed by atoms with Crippen molar-refractivity contribution in [1.82, 2.24) is 15.2 Å². The molecule has 0 N–H and O–H groups in total. The fourth-order valence-electron chi connectivity index (χ4n) is 0.566. The van der Waals surface area contributed by atoms with Crippen LogP contribution in [0, 0.1) is 0 Å². The zero-order valence-electron chi connectivity index (χ0n) is 7.24. The fourth-order valence-corrected chi connectivity index (χ4v) is 0.566. The Morgan fingerprint density at radius 1 is 0.538 bits per heavy atom. The Labute approximate surface area is 80.9 Å². The van der Waals surface area contributed by atoms with E-state index in [1.54, 1.807) is 24.8 Å². The van der Waals surface area contributed by atoms with Gasteiger partial charge in [0, 0.05) is 24.8 Å². The lowest BCUT2D eigenvalue weighted by Gasteiger charge is -1.70. The molecule has 2 aromatic rings. The van der Waals surface area contributed by atoms with Crippen LogP contribution in [0.15, 0.2) is 55.1 Å². The second-order valence-corrected chi connectivity index (χ2v) is 1.94. The summed E-state index contributed by atoms with van der Waals surface area (Å²) in [4.78, 5) is 3.78. The monoisotopic (exact) mass is 193 g/mol. The molecule has 0 saturated heterocycles. The first-order valence-electron chi connectivity index (χ1n) is 3.57. The first kappa shape index (κ1) is 11.7. The van der Waals surface area contributed by atoms with Crippen LogP contribution in [0.25, 0.3) is 0 Å². The highest BCUT2D eigenvalue weighted by Crippen LogP contribution is 1.73. The van der Waals surface area contributed by atoms with E-state index in [-0.39, 0.29) is 9.90 Å². The van der Waals surface area contributed by atoms with Crippen molar-refractivity contribution in [2.45, 2.75) is 0 Å². The number of hydrogen-bond acceptors (Lipinski definition) is 3. The van der Waals surface area contributed by atoms with Crippen molar-refractivity contribution < 1.29 is 0 Å². The summed E-state index contributed by atoms with van der Waals surface area (Å²) in [5.74, 6) is 0. The molecule has 1 atom stereocenters. The second kappa shape index (κ2) is 8.75. The molecule has 0 aromatic carbocycles. The zero-order valence-corrected chi connectivity index (χ0v) is 8.66. The molecule has 2 aromatic heterocycles. The average molecular weight is 193 g/mol. The normalized spacial score (nSPS) is 7.38. The quantitative estimate of drug-likeness (QED) is 0.597. The van der Waals surface area contributed by atoms with Gasteiger partial charge in [0.15, 0.2) is 0 Å². The largest absolute Gasteiger partial charge is 0.265 e. The van der Waals surface area contributed by atoms with Crippen molar-refractivity contribution in [3.05, 3.63) is 55.1 Å². The molecule has 0 aliphatic rings. The highest BCUT2D eigenvalue weighted by atomic mass is 31.0. The average Bonchev–Trinajstić information content (AvgIpc) is 2.24. The van der Waals surface area contributed by atoms with Gasteiger partial charge in [-0.05, 0) is 24.3 Å². The van der Waals surface area contributed by atoms with E-state index in [1.807, 2.05) is 30.3 Å². The molecule has 2 heterocycles. The van der Waals surface area contributed by atoms with Crippen LogP contribution in [0.5, 0.6) is 0 Å². The van der Waals surface area contributed by atoms with Gasteiger partial charge in [0.1, 0.15) is 0 Å². The highest BCUT2D eigenvalue weighted by molar-refractivity contribution is 6.92. The summed E-state index contributed by atoms with van der Waals surface area (Å²) in [7, 11) is 0. The molecule has 2 rings (SSSR count). The molecule has 0 aliphatic carbocycles. The fraction of sp³-hybridized carbons (Fsp3) is 0. The van der Waals surface area contributed by atoms with Gasteiger partial charge >= 0.3 is 0 Å². The van der Waals surface area contributed by atoms with Crippen molar-refractivity contribution in [2.24, 2.45) is 0 Å². The molecule has 0 bridgehead atoms. The van der Waals surface area contributed by atoms with Gasteiger partial charge in [-0.2, -0.15) is 20.1 Å². The molecule has 0 spiro atoms. The molecule has 0 saturated carbocycles. The van der Waals surface area contributed by atoms with Gasteiger partial charge in [-0.1, -0.05) is 6.07 Å². The van der Waals surface area contributed by atoms with Crippen LogP contribution < -0.4 is 0 Å². The van der Waals surface area contributed by atoms with E-state index in [4.69, 9.17) is 0 Å². The van der Waals surface area contributed by atoms with E-state index in [0.717, 1.165) is 0 Å². The Morgan fingerprint density at radius 3 is 1.15 bits per heavy atom. The van der Waals surface area contributed by atoms with Crippen LogP contribution in [0.1, 0.15) is 0 Å². The van der Waals surface area contributed by atoms with Crippen molar-refractivity contribution in [3.8, 4) is 0 Å². The molecule has 0 aliphatic heterocycles. The van der Waals surface area contributed by atoms with E-state index in [0.29, 0.717) is 0 Å². The minimum Gasteiger partial charge on any atom is -0.265 e. The summed E-state index contributed by atoms with van der Waals surface area (Å²) < 4.78 is 0. The van der Waals surface area contributed by atoms with Gasteiger partial charge in [-0.3, -0.25) is 4.98 Å². The predicted molar refractivity (Wildman–Crippen MR) is 57.4 cm³/mol. The van der Waals surface area contributed by atoms with Crippen LogP contribution >= 0.6 is 9.90 Å². The lowest BCUT2D eigenvalue weighted by Crippen LogP contribution is -1.69. The van der Waals surface area contributed by atoms with Gasteiger partial charge in [-0.15, -0.1) is 0 Å². The lowest BCUT2D eigenvalue weighted by molar-refractivity contribution is 1.03. The summed E-state index contributed by atoms with van der Waals surface area (Å²) in [6, 6.07) is 9.37. The smallest absolute Gasteiger partial charge is 0.0496 e. The van der Waals surface area contributed by atoms with Crippen LogP contribution in [0.2, 0.25) is 0 Å². The first-order chi connectivity index (χ1) is 6.00. The molecule has 4 heteroatoms. The van der Waals surface area contributed by atoms with Gasteiger partial charge in [0.05, 0.1) is 0 Å². The number of rotatable bonds is 0. The zero-order chi connectivity index (χ0) is 8.49. The molecule has 68 valence electrons. The molecular weight excluding hydrogens is 181 g/mol. The van der Waals surface area contributed by atoms with E-state index < -0.39 is 0 Å². The number of hydrogen-bond donors (Lipinski definition) is 0. The van der Waals surface area contributed by atoms with Gasteiger partial charge in [-0.25, -0.2) is 0 Å². The maximum absolute atomic E-state index is 3.78. The van der Waals surface area contributed by atoms with E-state index in [2.05, 4.69) is 15.2 Å². The van der Waals surface area contributed by atoms with Crippen molar-refractivity contribution >= 4 is 9.90 Å². The highest BCUT2D eigenvalue weighted by Gasteiger charge is 1.59. The molecular formula is C9H12N3P. The Balaban J connectivity index is 0.000000206. The Hall–Kier alpha value is -1.34. The van der Waals surface area contributed by atoms with Crippen molar-refractivity contribution in [1.29, 1.82) is 0 Å². The second-order valence-electron chi connectivity index (χ2n) is 1.94. The van der Waals surface area contributed by atoms with Crippen LogP contribution in [0.3, 0.4) is 0 Å². The molecule has 3 nitrogen and oxygen atoms in total. The minimum atomic E-state index is 0. The van der Waals surface area contributed by atoms with Crippen molar-refractivity contribution in [3.63, 3.8) is 0 Å².